The molecule has 1 aromatic heterocycles. The maximum absolute atomic E-state index is 6.04. The van der Waals surface area contributed by atoms with E-state index in [4.69, 9.17) is 18.9 Å². The Hall–Kier alpha value is -2.42. The Balaban J connectivity index is 1.16. The molecular weight excluding hydrogens is 384 g/mol. The summed E-state index contributed by atoms with van der Waals surface area (Å²) >= 11 is 0. The summed E-state index contributed by atoms with van der Waals surface area (Å²) in [6, 6.07) is 9.91. The molecule has 0 N–H and O–H groups in total. The molecule has 2 fully saturated rings. The standard InChI is InChI=1S/C22H30N4O4/c1-2-4-19(5-3-1)28-14-11-26-7-6-20(18-26)30-22-17-23-16-21(24-22)29-15-10-25-8-12-27-13-9-25/h1-5,16-17,20H,6-15,18H2. The van der Waals surface area contributed by atoms with Crippen LogP contribution in [0.5, 0.6) is 17.5 Å². The first-order chi connectivity index (χ1) is 14.8. The molecule has 162 valence electrons. The lowest BCUT2D eigenvalue weighted by Crippen LogP contribution is -2.38. The van der Waals surface area contributed by atoms with Crippen molar-refractivity contribution >= 4 is 0 Å². The van der Waals surface area contributed by atoms with E-state index in [1.807, 2.05) is 30.3 Å². The average molecular weight is 415 g/mol. The number of morpholine rings is 1. The van der Waals surface area contributed by atoms with Gasteiger partial charge >= 0.3 is 0 Å². The maximum atomic E-state index is 6.04. The summed E-state index contributed by atoms with van der Waals surface area (Å²) in [7, 11) is 0. The zero-order chi connectivity index (χ0) is 20.4. The summed E-state index contributed by atoms with van der Waals surface area (Å²) in [5, 5.41) is 0. The molecule has 8 heteroatoms. The van der Waals surface area contributed by atoms with Crippen LogP contribution in [0.15, 0.2) is 42.7 Å². The molecule has 4 rings (SSSR count). The number of nitrogens with zero attached hydrogens (tertiary/aromatic N) is 4. The van der Waals surface area contributed by atoms with Gasteiger partial charge in [0.1, 0.15) is 25.1 Å². The van der Waals surface area contributed by atoms with Gasteiger partial charge in [0, 0.05) is 39.3 Å². The lowest BCUT2D eigenvalue weighted by molar-refractivity contribution is 0.0319. The number of ether oxygens (including phenoxy) is 4. The summed E-state index contributed by atoms with van der Waals surface area (Å²) in [5.74, 6) is 1.93. The van der Waals surface area contributed by atoms with E-state index in [0.29, 0.717) is 25.0 Å². The van der Waals surface area contributed by atoms with E-state index in [0.717, 1.165) is 64.7 Å². The van der Waals surface area contributed by atoms with E-state index in [1.54, 1.807) is 12.4 Å². The van der Waals surface area contributed by atoms with Crippen LogP contribution in [0.25, 0.3) is 0 Å². The number of benzene rings is 1. The second-order valence-electron chi connectivity index (χ2n) is 7.49. The van der Waals surface area contributed by atoms with Gasteiger partial charge in [0.05, 0.1) is 25.6 Å². The normalized spacial score (nSPS) is 20.2. The molecule has 30 heavy (non-hydrogen) atoms. The summed E-state index contributed by atoms with van der Waals surface area (Å²) in [4.78, 5) is 13.3. The molecule has 2 aromatic rings. The average Bonchev–Trinajstić information content (AvgIpc) is 3.23. The largest absolute Gasteiger partial charge is 0.492 e. The monoisotopic (exact) mass is 414 g/mol. The quantitative estimate of drug-likeness (QED) is 0.582. The summed E-state index contributed by atoms with van der Waals surface area (Å²) < 4.78 is 23.0. The zero-order valence-corrected chi connectivity index (χ0v) is 17.3. The highest BCUT2D eigenvalue weighted by Crippen LogP contribution is 2.18. The second-order valence-corrected chi connectivity index (χ2v) is 7.49. The predicted octanol–water partition coefficient (Wildman–Crippen LogP) is 1.72. The van der Waals surface area contributed by atoms with Crippen LogP contribution in [0.4, 0.5) is 0 Å². The van der Waals surface area contributed by atoms with Crippen LogP contribution >= 0.6 is 0 Å². The Bertz CT molecular complexity index is 758. The molecule has 2 saturated heterocycles. The van der Waals surface area contributed by atoms with Gasteiger partial charge in [-0.25, -0.2) is 0 Å². The van der Waals surface area contributed by atoms with Crippen LogP contribution in [0.1, 0.15) is 6.42 Å². The maximum Gasteiger partial charge on any atom is 0.235 e. The number of para-hydroxylation sites is 1. The first kappa shape index (κ1) is 20.8. The van der Waals surface area contributed by atoms with Crippen molar-refractivity contribution in [1.29, 1.82) is 0 Å². The molecular formula is C22H30N4O4. The van der Waals surface area contributed by atoms with E-state index in [2.05, 4.69) is 19.8 Å². The molecule has 1 unspecified atom stereocenters. The molecule has 0 amide bonds. The third-order valence-corrected chi connectivity index (χ3v) is 5.29. The number of hydrogen-bond donors (Lipinski definition) is 0. The molecule has 0 saturated carbocycles. The Morgan fingerprint density at radius 1 is 0.900 bits per heavy atom. The van der Waals surface area contributed by atoms with E-state index in [1.165, 1.54) is 0 Å². The summed E-state index contributed by atoms with van der Waals surface area (Å²) in [6.45, 7) is 8.33. The van der Waals surface area contributed by atoms with Crippen LogP contribution < -0.4 is 14.2 Å². The smallest absolute Gasteiger partial charge is 0.235 e. The Morgan fingerprint density at radius 3 is 2.53 bits per heavy atom. The molecule has 8 nitrogen and oxygen atoms in total. The van der Waals surface area contributed by atoms with Crippen molar-refractivity contribution in [1.82, 2.24) is 19.8 Å². The minimum atomic E-state index is 0.111. The van der Waals surface area contributed by atoms with E-state index in [-0.39, 0.29) is 6.10 Å². The van der Waals surface area contributed by atoms with Crippen molar-refractivity contribution in [3.8, 4) is 17.5 Å². The number of rotatable bonds is 10. The number of aromatic nitrogens is 2. The van der Waals surface area contributed by atoms with Gasteiger partial charge in [-0.2, -0.15) is 4.98 Å². The van der Waals surface area contributed by atoms with E-state index < -0.39 is 0 Å². The van der Waals surface area contributed by atoms with Gasteiger partial charge < -0.3 is 18.9 Å². The Morgan fingerprint density at radius 2 is 1.67 bits per heavy atom. The first-order valence-corrected chi connectivity index (χ1v) is 10.7. The zero-order valence-electron chi connectivity index (χ0n) is 17.3. The molecule has 1 aromatic carbocycles. The van der Waals surface area contributed by atoms with Crippen molar-refractivity contribution in [2.45, 2.75) is 12.5 Å². The van der Waals surface area contributed by atoms with Crippen LogP contribution in [-0.4, -0.2) is 91.6 Å². The van der Waals surface area contributed by atoms with E-state index in [9.17, 15) is 0 Å². The minimum absolute atomic E-state index is 0.111. The van der Waals surface area contributed by atoms with Crippen LogP contribution in [0, 0.1) is 0 Å². The highest BCUT2D eigenvalue weighted by Gasteiger charge is 2.24. The highest BCUT2D eigenvalue weighted by atomic mass is 16.5. The Labute approximate surface area is 177 Å². The second kappa shape index (κ2) is 11.1. The molecule has 1 atom stereocenters. The van der Waals surface area contributed by atoms with E-state index >= 15 is 0 Å². The highest BCUT2D eigenvalue weighted by molar-refractivity contribution is 5.20. The first-order valence-electron chi connectivity index (χ1n) is 10.7. The topological polar surface area (TPSA) is 69.2 Å². The van der Waals surface area contributed by atoms with Gasteiger partial charge in [0.25, 0.3) is 0 Å². The van der Waals surface area contributed by atoms with Gasteiger partial charge in [0.2, 0.25) is 11.8 Å². The molecule has 0 spiro atoms. The van der Waals surface area contributed by atoms with Gasteiger partial charge in [-0.1, -0.05) is 18.2 Å². The van der Waals surface area contributed by atoms with Crippen molar-refractivity contribution in [2.75, 3.05) is 65.7 Å². The minimum Gasteiger partial charge on any atom is -0.492 e. The van der Waals surface area contributed by atoms with Gasteiger partial charge in [0.15, 0.2) is 0 Å². The Kier molecular flexibility index (Phi) is 7.71. The molecule has 0 bridgehead atoms. The van der Waals surface area contributed by atoms with Gasteiger partial charge in [-0.3, -0.25) is 14.8 Å². The van der Waals surface area contributed by atoms with Gasteiger partial charge in [-0.05, 0) is 18.6 Å². The van der Waals surface area contributed by atoms with Crippen LogP contribution in [-0.2, 0) is 4.74 Å². The third kappa shape index (κ3) is 6.55. The summed E-state index contributed by atoms with van der Waals surface area (Å²) in [5.41, 5.74) is 0. The van der Waals surface area contributed by atoms with Crippen molar-refractivity contribution < 1.29 is 18.9 Å². The third-order valence-electron chi connectivity index (χ3n) is 5.29. The fourth-order valence-electron chi connectivity index (χ4n) is 3.64. The fourth-order valence-corrected chi connectivity index (χ4v) is 3.64. The van der Waals surface area contributed by atoms with Crippen molar-refractivity contribution in [2.24, 2.45) is 0 Å². The van der Waals surface area contributed by atoms with Crippen LogP contribution in [0.3, 0.4) is 0 Å². The predicted molar refractivity (Wildman–Crippen MR) is 112 cm³/mol. The molecule has 0 aliphatic carbocycles. The molecule has 0 radical (unpaired) electrons. The SMILES string of the molecule is c1ccc(OCCN2CCC(Oc3cncc(OCCN4CCOCC4)n3)C2)cc1. The van der Waals surface area contributed by atoms with Crippen molar-refractivity contribution in [3.63, 3.8) is 0 Å². The van der Waals surface area contributed by atoms with Crippen molar-refractivity contribution in [3.05, 3.63) is 42.7 Å². The number of likely N-dealkylation sites (tertiary alicyclic amines) is 1. The molecule has 3 heterocycles. The lowest BCUT2D eigenvalue weighted by Gasteiger charge is -2.26. The fraction of sp³-hybridized carbons (Fsp3) is 0.545. The van der Waals surface area contributed by atoms with Gasteiger partial charge in [-0.15, -0.1) is 0 Å². The summed E-state index contributed by atoms with van der Waals surface area (Å²) in [6.07, 6.45) is 4.36. The number of hydrogen-bond acceptors (Lipinski definition) is 8. The van der Waals surface area contributed by atoms with Crippen LogP contribution in [0.2, 0.25) is 0 Å². The molecule has 2 aliphatic heterocycles. The molecule has 2 aliphatic rings. The lowest BCUT2D eigenvalue weighted by atomic mass is 10.3.